The topological polar surface area (TPSA) is 35.5 Å². The number of aldehydes is 1. The summed E-state index contributed by atoms with van der Waals surface area (Å²) in [5.41, 5.74) is 2.69. The first-order chi connectivity index (χ1) is 11.8. The number of hydrogen-bond acceptors (Lipinski definition) is 3. The lowest BCUT2D eigenvalue weighted by atomic mass is 10.2. The summed E-state index contributed by atoms with van der Waals surface area (Å²) in [6.07, 6.45) is 0.802. The minimum Gasteiger partial charge on any atom is -0.485 e. The van der Waals surface area contributed by atoms with E-state index in [4.69, 9.17) is 9.47 Å². The Labute approximate surface area is 141 Å². The Kier molecular flexibility index (Phi) is 5.25. The predicted molar refractivity (Wildman–Crippen MR) is 93.4 cm³/mol. The second kappa shape index (κ2) is 7.97. The van der Waals surface area contributed by atoms with Gasteiger partial charge in [0, 0.05) is 5.56 Å². The first-order valence-electron chi connectivity index (χ1n) is 7.78. The summed E-state index contributed by atoms with van der Waals surface area (Å²) in [6, 6.07) is 25.0. The lowest BCUT2D eigenvalue weighted by Gasteiger charge is -2.13. The van der Waals surface area contributed by atoms with E-state index in [1.165, 1.54) is 0 Å². The number of rotatable bonds is 7. The van der Waals surface area contributed by atoms with Crippen molar-refractivity contribution >= 4 is 6.29 Å². The Bertz CT molecular complexity index is 783. The molecule has 3 aromatic carbocycles. The summed E-state index contributed by atoms with van der Waals surface area (Å²) < 4.78 is 11.7. The average Bonchev–Trinajstić information content (AvgIpc) is 2.66. The van der Waals surface area contributed by atoms with Gasteiger partial charge in [-0.1, -0.05) is 60.7 Å². The molecule has 120 valence electrons. The van der Waals surface area contributed by atoms with Crippen LogP contribution in [0.15, 0.2) is 78.9 Å². The number of carbonyl (C=O) groups is 1. The van der Waals surface area contributed by atoms with Gasteiger partial charge in [0.05, 0.1) is 0 Å². The molecule has 0 aliphatic heterocycles. The summed E-state index contributed by atoms with van der Waals surface area (Å²) in [5.74, 6) is 1.19. The van der Waals surface area contributed by atoms with Crippen LogP contribution in [0.3, 0.4) is 0 Å². The van der Waals surface area contributed by atoms with E-state index in [1.807, 2.05) is 60.7 Å². The van der Waals surface area contributed by atoms with Crippen LogP contribution in [0.5, 0.6) is 11.5 Å². The van der Waals surface area contributed by atoms with E-state index < -0.39 is 0 Å². The number of benzene rings is 3. The number of ether oxygens (including phenoxy) is 2. The minimum atomic E-state index is 0.421. The monoisotopic (exact) mass is 320 g/mol. The third kappa shape index (κ3) is 4.23. The van der Waals surface area contributed by atoms with Gasteiger partial charge in [-0.25, -0.2) is 0 Å². The molecule has 0 saturated carbocycles. The highest BCUT2D eigenvalue weighted by molar-refractivity contribution is 5.76. The van der Waals surface area contributed by atoms with E-state index in [1.54, 1.807) is 18.2 Å². The van der Waals surface area contributed by atoms with Gasteiger partial charge in [0.2, 0.25) is 0 Å². The molecule has 0 amide bonds. The van der Waals surface area contributed by atoms with Gasteiger partial charge in [-0.05, 0) is 29.3 Å². The van der Waals surface area contributed by atoms with Crippen molar-refractivity contribution in [1.82, 2.24) is 0 Å². The molecule has 0 unspecified atom stereocenters. The minimum absolute atomic E-state index is 0.421. The lowest BCUT2D eigenvalue weighted by molar-refractivity contribution is 0.112. The van der Waals surface area contributed by atoms with Gasteiger partial charge in [-0.3, -0.25) is 4.79 Å². The molecule has 0 spiro atoms. The van der Waals surface area contributed by atoms with E-state index in [9.17, 15) is 4.79 Å². The molecule has 0 aromatic heterocycles. The van der Waals surface area contributed by atoms with E-state index in [0.29, 0.717) is 30.3 Å². The predicted octanol–water partition coefficient (Wildman–Crippen LogP) is 4.66. The summed E-state index contributed by atoms with van der Waals surface area (Å²) in [5, 5.41) is 0. The Balaban J connectivity index is 1.74. The van der Waals surface area contributed by atoms with Gasteiger partial charge in [0.1, 0.15) is 19.5 Å². The molecule has 24 heavy (non-hydrogen) atoms. The molecule has 0 atom stereocenters. The molecule has 3 heteroatoms. The smallest absolute Gasteiger partial charge is 0.162 e. The molecular formula is C21H18O3. The SMILES string of the molecule is O=[14CH]c1ccc(OCc2ccccc2)c(OCc2ccccc2)c1. The Morgan fingerprint density at radius 1 is 0.667 bits per heavy atom. The van der Waals surface area contributed by atoms with Crippen LogP contribution in [0.4, 0.5) is 0 Å². The fourth-order valence-corrected chi connectivity index (χ4v) is 2.30. The fourth-order valence-electron chi connectivity index (χ4n) is 2.30. The van der Waals surface area contributed by atoms with Gasteiger partial charge < -0.3 is 9.47 Å². The molecular weight excluding hydrogens is 302 g/mol. The van der Waals surface area contributed by atoms with Crippen LogP contribution in [0.2, 0.25) is 0 Å². The summed E-state index contributed by atoms with van der Waals surface area (Å²) in [4.78, 5) is 11.0. The van der Waals surface area contributed by atoms with Gasteiger partial charge in [0.15, 0.2) is 11.5 Å². The second-order valence-corrected chi connectivity index (χ2v) is 5.37. The largest absolute Gasteiger partial charge is 0.485 e. The standard InChI is InChI=1S/C21H18O3/c22-14-19-11-12-20(23-15-17-7-3-1-4-8-17)21(13-19)24-16-18-9-5-2-6-10-18/h1-14H,15-16H2/i14+2. The quantitative estimate of drug-likeness (QED) is 0.594. The van der Waals surface area contributed by atoms with E-state index in [2.05, 4.69) is 0 Å². The molecule has 0 aliphatic rings. The van der Waals surface area contributed by atoms with E-state index in [-0.39, 0.29) is 0 Å². The Hall–Kier alpha value is -3.07. The zero-order chi connectivity index (χ0) is 16.6. The third-order valence-corrected chi connectivity index (χ3v) is 3.58. The average molecular weight is 320 g/mol. The van der Waals surface area contributed by atoms with Crippen LogP contribution < -0.4 is 9.47 Å². The summed E-state index contributed by atoms with van der Waals surface area (Å²) in [6.45, 7) is 0.869. The summed E-state index contributed by atoms with van der Waals surface area (Å²) >= 11 is 0. The fraction of sp³-hybridized carbons (Fsp3) is 0.0952. The molecule has 3 aromatic rings. The summed E-state index contributed by atoms with van der Waals surface area (Å²) in [7, 11) is 0. The van der Waals surface area contributed by atoms with E-state index in [0.717, 1.165) is 17.4 Å². The molecule has 0 bridgehead atoms. The highest BCUT2D eigenvalue weighted by Gasteiger charge is 2.08. The molecule has 0 radical (unpaired) electrons. The molecule has 0 heterocycles. The van der Waals surface area contributed by atoms with Crippen LogP contribution in [0.25, 0.3) is 0 Å². The first-order valence-corrected chi connectivity index (χ1v) is 7.78. The van der Waals surface area contributed by atoms with Crippen molar-refractivity contribution in [3.05, 3.63) is 95.6 Å². The maximum absolute atomic E-state index is 11.0. The van der Waals surface area contributed by atoms with Gasteiger partial charge in [-0.2, -0.15) is 0 Å². The van der Waals surface area contributed by atoms with Crippen molar-refractivity contribution in [3.8, 4) is 11.5 Å². The van der Waals surface area contributed by atoms with Crippen molar-refractivity contribution in [1.29, 1.82) is 0 Å². The number of carbonyl (C=O) groups excluding carboxylic acids is 1. The van der Waals surface area contributed by atoms with Crippen LogP contribution in [-0.4, -0.2) is 6.29 Å². The van der Waals surface area contributed by atoms with Crippen LogP contribution in [0, 0.1) is 0 Å². The normalized spacial score (nSPS) is 10.2. The van der Waals surface area contributed by atoms with Gasteiger partial charge in [-0.15, -0.1) is 0 Å². The first kappa shape index (κ1) is 15.8. The molecule has 3 nitrogen and oxygen atoms in total. The van der Waals surface area contributed by atoms with Crippen molar-refractivity contribution in [2.45, 2.75) is 13.2 Å². The van der Waals surface area contributed by atoms with Crippen LogP contribution in [-0.2, 0) is 13.2 Å². The van der Waals surface area contributed by atoms with Crippen LogP contribution in [0.1, 0.15) is 21.5 Å². The molecule has 0 aliphatic carbocycles. The highest BCUT2D eigenvalue weighted by atomic mass is 16.5. The van der Waals surface area contributed by atoms with Crippen molar-refractivity contribution < 1.29 is 14.3 Å². The molecule has 3 rings (SSSR count). The highest BCUT2D eigenvalue weighted by Crippen LogP contribution is 2.29. The van der Waals surface area contributed by atoms with Crippen LogP contribution >= 0.6 is 0 Å². The molecule has 0 fully saturated rings. The Morgan fingerprint density at radius 3 is 1.75 bits per heavy atom. The second-order valence-electron chi connectivity index (χ2n) is 5.37. The third-order valence-electron chi connectivity index (χ3n) is 3.58. The molecule has 0 saturated heterocycles. The number of hydrogen-bond donors (Lipinski definition) is 0. The van der Waals surface area contributed by atoms with Gasteiger partial charge >= 0.3 is 0 Å². The van der Waals surface area contributed by atoms with Gasteiger partial charge in [0.25, 0.3) is 0 Å². The maximum atomic E-state index is 11.0. The maximum Gasteiger partial charge on any atom is 0.162 e. The Morgan fingerprint density at radius 2 is 1.21 bits per heavy atom. The zero-order valence-corrected chi connectivity index (χ0v) is 13.2. The zero-order valence-electron chi connectivity index (χ0n) is 13.2. The van der Waals surface area contributed by atoms with Crippen molar-refractivity contribution in [2.24, 2.45) is 0 Å². The van der Waals surface area contributed by atoms with Crippen molar-refractivity contribution in [3.63, 3.8) is 0 Å². The van der Waals surface area contributed by atoms with Crippen molar-refractivity contribution in [2.75, 3.05) is 0 Å². The molecule has 0 N–H and O–H groups in total. The van der Waals surface area contributed by atoms with E-state index >= 15 is 0 Å². The lowest BCUT2D eigenvalue weighted by Crippen LogP contribution is -2.01.